The number of nitrogens with two attached hydrogens (primary N) is 1. The van der Waals surface area contributed by atoms with Crippen molar-refractivity contribution in [1.29, 1.82) is 0 Å². The minimum absolute atomic E-state index is 0.607. The Labute approximate surface area is 99.0 Å². The fraction of sp³-hybridized carbons (Fsp3) is 1.00. The van der Waals surface area contributed by atoms with Gasteiger partial charge in [0.15, 0.2) is 0 Å². The molecule has 2 N–H and O–H groups in total. The summed E-state index contributed by atoms with van der Waals surface area (Å²) in [6, 6.07) is 1.32. The highest BCUT2D eigenvalue weighted by atomic mass is 32.2. The van der Waals surface area contributed by atoms with Crippen molar-refractivity contribution in [2.24, 2.45) is 11.7 Å². The second-order valence-electron chi connectivity index (χ2n) is 4.77. The predicted octanol–water partition coefficient (Wildman–Crippen LogP) is 2.19. The van der Waals surface area contributed by atoms with Gasteiger partial charge in [0.25, 0.3) is 0 Å². The molecule has 0 bridgehead atoms. The molecular formula is C12H26N2S. The standard InChI is InChI=1S/C12H26N2S/c1-10-5-4-7-14(11(10)2)12(9-13)6-8-15-3/h10-12H,4-9,13H2,1-3H3. The Hall–Kier alpha value is 0.270. The molecule has 1 rings (SSSR count). The van der Waals surface area contributed by atoms with Crippen molar-refractivity contribution in [2.75, 3.05) is 25.1 Å². The van der Waals surface area contributed by atoms with Gasteiger partial charge in [0, 0.05) is 18.6 Å². The summed E-state index contributed by atoms with van der Waals surface area (Å²) in [7, 11) is 0. The monoisotopic (exact) mass is 230 g/mol. The lowest BCUT2D eigenvalue weighted by Crippen LogP contribution is -2.51. The average Bonchev–Trinajstić information content (AvgIpc) is 2.25. The maximum atomic E-state index is 5.90. The zero-order chi connectivity index (χ0) is 11.3. The summed E-state index contributed by atoms with van der Waals surface area (Å²) in [5.41, 5.74) is 5.90. The first-order valence-corrected chi connectivity index (χ1v) is 7.54. The molecule has 1 heterocycles. The van der Waals surface area contributed by atoms with E-state index in [1.54, 1.807) is 0 Å². The lowest BCUT2D eigenvalue weighted by Gasteiger charge is -2.42. The molecule has 0 aromatic heterocycles. The zero-order valence-corrected chi connectivity index (χ0v) is 11.2. The Bertz CT molecular complexity index is 175. The molecule has 0 saturated carbocycles. The normalized spacial score (nSPS) is 30.4. The molecule has 0 radical (unpaired) electrons. The number of rotatable bonds is 5. The van der Waals surface area contributed by atoms with Crippen LogP contribution in [0, 0.1) is 5.92 Å². The highest BCUT2D eigenvalue weighted by Gasteiger charge is 2.28. The zero-order valence-electron chi connectivity index (χ0n) is 10.4. The fourth-order valence-electron chi connectivity index (χ4n) is 2.56. The van der Waals surface area contributed by atoms with E-state index in [9.17, 15) is 0 Å². The summed E-state index contributed by atoms with van der Waals surface area (Å²) in [6.45, 7) is 6.81. The van der Waals surface area contributed by atoms with Crippen molar-refractivity contribution in [1.82, 2.24) is 4.90 Å². The number of likely N-dealkylation sites (tertiary alicyclic amines) is 1. The quantitative estimate of drug-likeness (QED) is 0.785. The molecule has 1 fully saturated rings. The summed E-state index contributed by atoms with van der Waals surface area (Å²) in [5.74, 6) is 2.07. The average molecular weight is 230 g/mol. The molecule has 0 amide bonds. The number of hydrogen-bond donors (Lipinski definition) is 1. The third-order valence-electron chi connectivity index (χ3n) is 3.82. The van der Waals surface area contributed by atoms with Crippen LogP contribution < -0.4 is 5.73 Å². The highest BCUT2D eigenvalue weighted by molar-refractivity contribution is 7.98. The van der Waals surface area contributed by atoms with Crippen molar-refractivity contribution in [2.45, 2.75) is 45.2 Å². The summed E-state index contributed by atoms with van der Waals surface area (Å²) < 4.78 is 0. The van der Waals surface area contributed by atoms with Crippen molar-refractivity contribution in [3.05, 3.63) is 0 Å². The van der Waals surface area contributed by atoms with Gasteiger partial charge in [0.1, 0.15) is 0 Å². The smallest absolute Gasteiger partial charge is 0.0229 e. The number of thioether (sulfide) groups is 1. The van der Waals surface area contributed by atoms with Crippen LogP contribution in [0.2, 0.25) is 0 Å². The first-order valence-electron chi connectivity index (χ1n) is 6.15. The summed E-state index contributed by atoms with van der Waals surface area (Å²) in [6.07, 6.45) is 6.16. The number of piperidine rings is 1. The summed E-state index contributed by atoms with van der Waals surface area (Å²) in [4.78, 5) is 2.64. The first-order chi connectivity index (χ1) is 7.20. The van der Waals surface area contributed by atoms with Gasteiger partial charge < -0.3 is 5.73 Å². The van der Waals surface area contributed by atoms with Crippen molar-refractivity contribution < 1.29 is 0 Å². The Morgan fingerprint density at radius 1 is 1.47 bits per heavy atom. The van der Waals surface area contributed by atoms with Crippen LogP contribution in [0.3, 0.4) is 0 Å². The molecule has 0 spiro atoms. The highest BCUT2D eigenvalue weighted by Crippen LogP contribution is 2.25. The molecule has 0 aromatic rings. The maximum absolute atomic E-state index is 5.90. The van der Waals surface area contributed by atoms with Crippen molar-refractivity contribution in [3.8, 4) is 0 Å². The third-order valence-corrected chi connectivity index (χ3v) is 4.46. The first kappa shape index (κ1) is 13.3. The van der Waals surface area contributed by atoms with Gasteiger partial charge in [0.05, 0.1) is 0 Å². The van der Waals surface area contributed by atoms with Crippen LogP contribution >= 0.6 is 11.8 Å². The van der Waals surface area contributed by atoms with E-state index in [4.69, 9.17) is 5.73 Å². The minimum Gasteiger partial charge on any atom is -0.329 e. The van der Waals surface area contributed by atoms with Crippen LogP contribution in [0.4, 0.5) is 0 Å². The molecule has 1 aliphatic rings. The Morgan fingerprint density at radius 2 is 2.20 bits per heavy atom. The molecule has 3 heteroatoms. The van der Waals surface area contributed by atoms with Gasteiger partial charge in [-0.1, -0.05) is 6.92 Å². The van der Waals surface area contributed by atoms with Crippen LogP contribution in [0.25, 0.3) is 0 Å². The maximum Gasteiger partial charge on any atom is 0.0229 e. The largest absolute Gasteiger partial charge is 0.329 e. The van der Waals surface area contributed by atoms with Crippen molar-refractivity contribution >= 4 is 11.8 Å². The number of nitrogens with zero attached hydrogens (tertiary/aromatic N) is 1. The van der Waals surface area contributed by atoms with Crippen LogP contribution in [0.15, 0.2) is 0 Å². The second kappa shape index (κ2) is 6.77. The molecule has 1 aliphatic heterocycles. The topological polar surface area (TPSA) is 29.3 Å². The predicted molar refractivity (Wildman–Crippen MR) is 70.4 cm³/mol. The Balaban J connectivity index is 2.49. The fourth-order valence-corrected chi connectivity index (χ4v) is 3.06. The molecular weight excluding hydrogens is 204 g/mol. The van der Waals surface area contributed by atoms with Gasteiger partial charge in [-0.05, 0) is 50.7 Å². The molecule has 0 aliphatic carbocycles. The Morgan fingerprint density at radius 3 is 2.80 bits per heavy atom. The summed E-state index contributed by atoms with van der Waals surface area (Å²) in [5, 5.41) is 0. The SMILES string of the molecule is CSCCC(CN)N1CCCC(C)C1C. The second-order valence-corrected chi connectivity index (χ2v) is 5.75. The molecule has 3 unspecified atom stereocenters. The molecule has 2 nitrogen and oxygen atoms in total. The number of hydrogen-bond acceptors (Lipinski definition) is 3. The van der Waals surface area contributed by atoms with Crippen LogP contribution in [-0.2, 0) is 0 Å². The van der Waals surface area contributed by atoms with Crippen molar-refractivity contribution in [3.63, 3.8) is 0 Å². The van der Waals surface area contributed by atoms with Gasteiger partial charge in [-0.25, -0.2) is 0 Å². The molecule has 0 aromatic carbocycles. The summed E-state index contributed by atoms with van der Waals surface area (Å²) >= 11 is 1.93. The van der Waals surface area contributed by atoms with Gasteiger partial charge in [-0.3, -0.25) is 4.90 Å². The van der Waals surface area contributed by atoms with E-state index in [0.717, 1.165) is 12.5 Å². The van der Waals surface area contributed by atoms with E-state index in [1.165, 1.54) is 31.6 Å². The third kappa shape index (κ3) is 3.65. The van der Waals surface area contributed by atoms with E-state index in [1.807, 2.05) is 11.8 Å². The van der Waals surface area contributed by atoms with E-state index in [0.29, 0.717) is 12.1 Å². The van der Waals surface area contributed by atoms with Gasteiger partial charge in [0.2, 0.25) is 0 Å². The van der Waals surface area contributed by atoms with Gasteiger partial charge in [-0.15, -0.1) is 0 Å². The van der Waals surface area contributed by atoms with E-state index in [-0.39, 0.29) is 0 Å². The van der Waals surface area contributed by atoms with E-state index in [2.05, 4.69) is 25.0 Å². The van der Waals surface area contributed by atoms with Crippen LogP contribution in [0.5, 0.6) is 0 Å². The van der Waals surface area contributed by atoms with Gasteiger partial charge >= 0.3 is 0 Å². The Kier molecular flexibility index (Phi) is 6.02. The lowest BCUT2D eigenvalue weighted by molar-refractivity contribution is 0.0700. The molecule has 3 atom stereocenters. The minimum atomic E-state index is 0.607. The van der Waals surface area contributed by atoms with E-state index < -0.39 is 0 Å². The van der Waals surface area contributed by atoms with Crippen LogP contribution in [-0.4, -0.2) is 42.1 Å². The molecule has 1 saturated heterocycles. The van der Waals surface area contributed by atoms with Gasteiger partial charge in [-0.2, -0.15) is 11.8 Å². The molecule has 90 valence electrons. The molecule has 15 heavy (non-hydrogen) atoms. The lowest BCUT2D eigenvalue weighted by atomic mass is 9.90. The van der Waals surface area contributed by atoms with E-state index >= 15 is 0 Å². The van der Waals surface area contributed by atoms with Crippen LogP contribution in [0.1, 0.15) is 33.1 Å².